The SMILES string of the molecule is CC1(C)CC(=O)C2=C(C1)Nc1nc(-c3ccc(Cl)cc3Cl)nn1C2c1ccncc1. The Kier molecular flexibility index (Phi) is 4.45. The first-order chi connectivity index (χ1) is 14.3. The average Bonchev–Trinajstić information content (AvgIpc) is 3.09. The molecule has 1 aliphatic heterocycles. The minimum absolute atomic E-state index is 0.115. The number of pyridine rings is 1. The second kappa shape index (κ2) is 6.93. The fourth-order valence-corrected chi connectivity index (χ4v) is 4.74. The van der Waals surface area contributed by atoms with Gasteiger partial charge in [0.25, 0.3) is 0 Å². The molecule has 1 aliphatic carbocycles. The zero-order chi connectivity index (χ0) is 21.0. The lowest BCUT2D eigenvalue weighted by Gasteiger charge is -2.38. The number of nitrogens with one attached hydrogen (secondary N) is 1. The van der Waals surface area contributed by atoms with Gasteiger partial charge in [-0.2, -0.15) is 4.98 Å². The minimum atomic E-state index is -0.366. The van der Waals surface area contributed by atoms with Gasteiger partial charge in [-0.1, -0.05) is 37.0 Å². The fourth-order valence-electron chi connectivity index (χ4n) is 4.25. The van der Waals surface area contributed by atoms with Crippen molar-refractivity contribution in [3.8, 4) is 11.4 Å². The Balaban J connectivity index is 1.68. The highest BCUT2D eigenvalue weighted by atomic mass is 35.5. The predicted octanol–water partition coefficient (Wildman–Crippen LogP) is 5.31. The van der Waals surface area contributed by atoms with E-state index in [9.17, 15) is 4.79 Å². The lowest BCUT2D eigenvalue weighted by Crippen LogP contribution is -2.36. The first-order valence-corrected chi connectivity index (χ1v) is 10.4. The van der Waals surface area contributed by atoms with E-state index in [1.165, 1.54) is 0 Å². The van der Waals surface area contributed by atoms with Gasteiger partial charge in [0.05, 0.1) is 5.02 Å². The van der Waals surface area contributed by atoms with Crippen molar-refractivity contribution < 1.29 is 4.79 Å². The zero-order valence-corrected chi connectivity index (χ0v) is 18.0. The number of fused-ring (bicyclic) bond motifs is 1. The van der Waals surface area contributed by atoms with Crippen LogP contribution < -0.4 is 5.32 Å². The van der Waals surface area contributed by atoms with Crippen LogP contribution in [0.1, 0.15) is 38.3 Å². The summed E-state index contributed by atoms with van der Waals surface area (Å²) in [6.45, 7) is 4.21. The number of carbonyl (C=O) groups excluding carboxylic acids is 1. The van der Waals surface area contributed by atoms with Crippen LogP contribution in [0.25, 0.3) is 11.4 Å². The van der Waals surface area contributed by atoms with Gasteiger partial charge >= 0.3 is 0 Å². The fraction of sp³-hybridized carbons (Fsp3) is 0.273. The Hall–Kier alpha value is -2.70. The first-order valence-electron chi connectivity index (χ1n) is 9.67. The number of aromatic nitrogens is 4. The zero-order valence-electron chi connectivity index (χ0n) is 16.5. The third-order valence-corrected chi connectivity index (χ3v) is 6.07. The van der Waals surface area contributed by atoms with E-state index in [0.29, 0.717) is 33.8 Å². The first kappa shape index (κ1) is 19.3. The van der Waals surface area contributed by atoms with Gasteiger partial charge < -0.3 is 5.32 Å². The lowest BCUT2D eigenvalue weighted by atomic mass is 9.73. The Morgan fingerprint density at radius 1 is 1.13 bits per heavy atom. The Morgan fingerprint density at radius 3 is 2.63 bits per heavy atom. The van der Waals surface area contributed by atoms with Crippen LogP contribution in [0.15, 0.2) is 54.0 Å². The van der Waals surface area contributed by atoms with Crippen LogP contribution in [0.4, 0.5) is 5.95 Å². The van der Waals surface area contributed by atoms with Crippen LogP contribution in [0, 0.1) is 5.41 Å². The summed E-state index contributed by atoms with van der Waals surface area (Å²) < 4.78 is 1.77. The summed E-state index contributed by atoms with van der Waals surface area (Å²) in [4.78, 5) is 22.0. The number of allylic oxidation sites excluding steroid dienone is 2. The topological polar surface area (TPSA) is 72.7 Å². The molecule has 8 heteroatoms. The number of benzene rings is 1. The number of nitrogens with zero attached hydrogens (tertiary/aromatic N) is 4. The van der Waals surface area contributed by atoms with Crippen LogP contribution in [0.3, 0.4) is 0 Å². The highest BCUT2D eigenvalue weighted by Gasteiger charge is 2.41. The largest absolute Gasteiger partial charge is 0.328 e. The molecule has 3 aromatic rings. The normalized spacial score (nSPS) is 19.9. The standard InChI is InChI=1S/C22H19Cl2N5O/c1-22(2)10-16-18(17(30)11-22)19(12-5-7-25-8-6-12)29-21(26-16)27-20(28-29)14-4-3-13(23)9-15(14)24/h3-9,19H,10-11H2,1-2H3,(H,26,27,28). The third kappa shape index (κ3) is 3.20. The second-order valence-electron chi connectivity index (χ2n) is 8.47. The van der Waals surface area contributed by atoms with Crippen molar-refractivity contribution in [1.29, 1.82) is 0 Å². The molecule has 3 heterocycles. The van der Waals surface area contributed by atoms with E-state index in [4.69, 9.17) is 33.3 Å². The molecule has 5 rings (SSSR count). The monoisotopic (exact) mass is 439 g/mol. The summed E-state index contributed by atoms with van der Waals surface area (Å²) in [5.41, 5.74) is 3.16. The molecule has 0 radical (unpaired) electrons. The summed E-state index contributed by atoms with van der Waals surface area (Å²) in [6, 6.07) is 8.68. The summed E-state index contributed by atoms with van der Waals surface area (Å²) in [6.07, 6.45) is 4.71. The quantitative estimate of drug-likeness (QED) is 0.585. The molecular formula is C22H19Cl2N5O. The molecule has 0 saturated carbocycles. The molecule has 0 bridgehead atoms. The van der Waals surface area contributed by atoms with Crippen molar-refractivity contribution in [2.45, 2.75) is 32.7 Å². The molecule has 1 atom stereocenters. The van der Waals surface area contributed by atoms with Crippen molar-refractivity contribution in [2.24, 2.45) is 5.41 Å². The van der Waals surface area contributed by atoms with Crippen LogP contribution in [-0.4, -0.2) is 25.5 Å². The van der Waals surface area contributed by atoms with Gasteiger partial charge in [-0.15, -0.1) is 5.10 Å². The van der Waals surface area contributed by atoms with Crippen LogP contribution >= 0.6 is 23.2 Å². The number of Topliss-reactive ketones (excluding diaryl/α,β-unsaturated/α-hetero) is 1. The smallest absolute Gasteiger partial charge is 0.226 e. The second-order valence-corrected chi connectivity index (χ2v) is 9.31. The Labute approximate surface area is 183 Å². The van der Waals surface area contributed by atoms with Crippen molar-refractivity contribution in [3.63, 3.8) is 0 Å². The van der Waals surface area contributed by atoms with E-state index in [0.717, 1.165) is 23.3 Å². The molecule has 30 heavy (non-hydrogen) atoms. The van der Waals surface area contributed by atoms with Crippen molar-refractivity contribution in [2.75, 3.05) is 5.32 Å². The van der Waals surface area contributed by atoms with Crippen LogP contribution in [-0.2, 0) is 4.79 Å². The molecule has 2 aliphatic rings. The van der Waals surface area contributed by atoms with Gasteiger partial charge in [0.15, 0.2) is 11.6 Å². The molecule has 0 amide bonds. The molecule has 6 nitrogen and oxygen atoms in total. The number of rotatable bonds is 2. The van der Waals surface area contributed by atoms with E-state index < -0.39 is 0 Å². The molecule has 0 spiro atoms. The van der Waals surface area contributed by atoms with Crippen molar-refractivity contribution in [3.05, 3.63) is 69.6 Å². The molecule has 0 fully saturated rings. The van der Waals surface area contributed by atoms with Crippen molar-refractivity contribution in [1.82, 2.24) is 19.7 Å². The lowest BCUT2D eigenvalue weighted by molar-refractivity contribution is -0.118. The van der Waals surface area contributed by atoms with E-state index in [2.05, 4.69) is 24.1 Å². The van der Waals surface area contributed by atoms with Crippen LogP contribution in [0.5, 0.6) is 0 Å². The van der Waals surface area contributed by atoms with Gasteiger partial charge in [0.1, 0.15) is 6.04 Å². The predicted molar refractivity (Wildman–Crippen MR) is 117 cm³/mol. The molecule has 1 unspecified atom stereocenters. The Bertz CT molecular complexity index is 1200. The number of hydrogen-bond acceptors (Lipinski definition) is 5. The number of carbonyl (C=O) groups is 1. The molecule has 152 valence electrons. The van der Waals surface area contributed by atoms with E-state index in [-0.39, 0.29) is 17.2 Å². The summed E-state index contributed by atoms with van der Waals surface area (Å²) in [7, 11) is 0. The number of halogens is 2. The van der Waals surface area contributed by atoms with E-state index in [1.54, 1.807) is 35.3 Å². The molecule has 0 saturated heterocycles. The van der Waals surface area contributed by atoms with E-state index >= 15 is 0 Å². The molecule has 1 aromatic carbocycles. The maximum Gasteiger partial charge on any atom is 0.226 e. The van der Waals surface area contributed by atoms with Gasteiger partial charge in [0, 0.05) is 40.7 Å². The highest BCUT2D eigenvalue weighted by molar-refractivity contribution is 6.36. The maximum atomic E-state index is 13.2. The van der Waals surface area contributed by atoms with Gasteiger partial charge in [-0.05, 0) is 47.7 Å². The molecule has 2 aromatic heterocycles. The van der Waals surface area contributed by atoms with E-state index in [1.807, 2.05) is 12.1 Å². The third-order valence-electron chi connectivity index (χ3n) is 5.53. The maximum absolute atomic E-state index is 13.2. The summed E-state index contributed by atoms with van der Waals surface area (Å²) in [5.74, 6) is 1.19. The van der Waals surface area contributed by atoms with Crippen LogP contribution in [0.2, 0.25) is 10.0 Å². The molecule has 1 N–H and O–H groups in total. The van der Waals surface area contributed by atoms with Gasteiger partial charge in [-0.25, -0.2) is 4.68 Å². The van der Waals surface area contributed by atoms with Gasteiger partial charge in [-0.3, -0.25) is 9.78 Å². The van der Waals surface area contributed by atoms with Gasteiger partial charge in [0.2, 0.25) is 5.95 Å². The number of anilines is 1. The highest BCUT2D eigenvalue weighted by Crippen LogP contribution is 2.45. The average molecular weight is 440 g/mol. The number of ketones is 1. The number of hydrogen-bond donors (Lipinski definition) is 1. The van der Waals surface area contributed by atoms with Crippen molar-refractivity contribution >= 4 is 34.9 Å². The molecular weight excluding hydrogens is 421 g/mol. The minimum Gasteiger partial charge on any atom is -0.328 e. The summed E-state index contributed by atoms with van der Waals surface area (Å²) >= 11 is 12.4. The summed E-state index contributed by atoms with van der Waals surface area (Å²) in [5, 5.41) is 9.13. The Morgan fingerprint density at radius 2 is 1.90 bits per heavy atom.